The normalized spacial score (nSPS) is 21.2. The minimum absolute atomic E-state index is 0.0259. The Morgan fingerprint density at radius 2 is 1.75 bits per heavy atom. The molecule has 4 N–H and O–H groups in total. The Morgan fingerprint density at radius 1 is 1.02 bits per heavy atom. The van der Waals surface area contributed by atoms with Crippen molar-refractivity contribution in [2.24, 2.45) is 5.41 Å². The Morgan fingerprint density at radius 3 is 2.43 bits per heavy atom. The van der Waals surface area contributed by atoms with Gasteiger partial charge >= 0.3 is 0 Å². The summed E-state index contributed by atoms with van der Waals surface area (Å²) in [4.78, 5) is 67.2. The van der Waals surface area contributed by atoms with Crippen LogP contribution in [-0.4, -0.2) is 107 Å². The molecule has 5 heterocycles. The van der Waals surface area contributed by atoms with Gasteiger partial charge in [-0.1, -0.05) is 56.4 Å². The Labute approximate surface area is 357 Å². The predicted molar refractivity (Wildman–Crippen MR) is 228 cm³/mol. The second kappa shape index (κ2) is 18.5. The van der Waals surface area contributed by atoms with Crippen LogP contribution in [0.25, 0.3) is 20.7 Å². The summed E-state index contributed by atoms with van der Waals surface area (Å²) in [5.74, 6) is -2.26. The monoisotopic (exact) mass is 863 g/mol. The van der Waals surface area contributed by atoms with Gasteiger partial charge in [-0.15, -0.1) is 11.3 Å². The number of β-amino-alcohol motifs (C(OH)–C–C–N with tert-alkyl or cyclic N) is 1. The second-order valence-electron chi connectivity index (χ2n) is 17.1. The van der Waals surface area contributed by atoms with Crippen molar-refractivity contribution in [3.63, 3.8) is 0 Å². The lowest BCUT2D eigenvalue weighted by atomic mass is 9.85. The van der Waals surface area contributed by atoms with Crippen LogP contribution in [0.5, 0.6) is 5.75 Å². The van der Waals surface area contributed by atoms with E-state index in [4.69, 9.17) is 9.47 Å². The summed E-state index contributed by atoms with van der Waals surface area (Å²) in [5.41, 5.74) is 4.38. The van der Waals surface area contributed by atoms with Crippen molar-refractivity contribution in [2.45, 2.75) is 110 Å². The summed E-state index contributed by atoms with van der Waals surface area (Å²) in [5, 5.41) is 20.0. The summed E-state index contributed by atoms with van der Waals surface area (Å²) < 4.78 is 27.3. The number of aryl methyl sites for hydroxylation is 1. The molecule has 3 aliphatic rings. The van der Waals surface area contributed by atoms with Gasteiger partial charge in [0.05, 0.1) is 45.1 Å². The van der Waals surface area contributed by atoms with E-state index in [2.05, 4.69) is 30.8 Å². The lowest BCUT2D eigenvalue weighted by molar-refractivity contribution is -0.144. The molecule has 0 spiro atoms. The Hall–Kier alpha value is -4.71. The first-order valence-corrected chi connectivity index (χ1v) is 22.3. The van der Waals surface area contributed by atoms with Gasteiger partial charge in [-0.3, -0.25) is 19.2 Å². The highest BCUT2D eigenvalue weighted by Crippen LogP contribution is 2.38. The topological polar surface area (TPSA) is 175 Å². The molecule has 322 valence electrons. The number of likely N-dealkylation sites (tertiary alicyclic amines) is 1. The fourth-order valence-corrected chi connectivity index (χ4v) is 9.85. The van der Waals surface area contributed by atoms with Gasteiger partial charge < -0.3 is 40.3 Å². The predicted octanol–water partition coefficient (Wildman–Crippen LogP) is 5.27. The highest BCUT2D eigenvalue weighted by Gasteiger charge is 2.45. The Kier molecular flexibility index (Phi) is 13.4. The van der Waals surface area contributed by atoms with Gasteiger partial charge in [0.25, 0.3) is 5.91 Å². The highest BCUT2D eigenvalue weighted by molar-refractivity contribution is 7.22. The maximum atomic E-state index is 14.9. The number of hydrogen-bond donors (Lipinski definition) is 4. The number of thiazole rings is 2. The SMILES string of the molecule is Cc1ncsc1-c1ccc([C@H](C)NC(=O)[C@@H]2C[C@@H](O)CN2C(=O)[C@@H](NC(=O)CCCCNC(=O)COc2c(F)ccc3sc(N4CC5CCC(C4)O5)nc23)C(C)(C)C)cc1. The number of aliphatic hydroxyl groups excluding tert-OH is 1. The largest absolute Gasteiger partial charge is 0.478 e. The molecular weight excluding hydrogens is 810 g/mol. The number of nitrogens with one attached hydrogen (secondary N) is 3. The third-order valence-corrected chi connectivity index (χ3v) is 13.4. The van der Waals surface area contributed by atoms with Crippen LogP contribution in [-0.2, 0) is 23.9 Å². The van der Waals surface area contributed by atoms with Crippen molar-refractivity contribution in [1.82, 2.24) is 30.8 Å². The zero-order valence-corrected chi connectivity index (χ0v) is 36.3. The standard InChI is InChI=1S/C43H54FN7O7S2/c1-24(26-9-11-27(12-10-26)38-25(2)46-23-59-38)47-40(55)32-18-28(52)19-51(32)41(56)39(43(3,4)5)48-34(53)8-6-7-17-45-35(54)22-57-37-31(44)15-16-33-36(37)49-42(60-33)50-20-29-13-14-30(21-50)58-29/h9-12,15-16,23-24,28-30,32,39,52H,6-8,13-14,17-22H2,1-5H3,(H,45,54)(H,47,55)(H,48,53)/t24-,28+,29?,30?,32-,39+/m0/s1. The number of unbranched alkanes of at least 4 members (excludes halogenated alkanes) is 1. The molecule has 60 heavy (non-hydrogen) atoms. The van der Waals surface area contributed by atoms with Gasteiger partial charge in [-0.05, 0) is 68.2 Å². The fourth-order valence-electron chi connectivity index (χ4n) is 8.05. The third kappa shape index (κ3) is 10.1. The zero-order valence-electron chi connectivity index (χ0n) is 34.7. The number of aromatic nitrogens is 2. The summed E-state index contributed by atoms with van der Waals surface area (Å²) >= 11 is 3.03. The number of fused-ring (bicyclic) bond motifs is 3. The van der Waals surface area contributed by atoms with Crippen molar-refractivity contribution in [3.8, 4) is 16.2 Å². The number of halogens is 1. The van der Waals surface area contributed by atoms with E-state index >= 15 is 0 Å². The molecule has 2 aromatic heterocycles. The number of nitrogens with zero attached hydrogens (tertiary/aromatic N) is 4. The number of carbonyl (C=O) groups is 4. The number of anilines is 1. The van der Waals surface area contributed by atoms with Crippen molar-refractivity contribution >= 4 is 61.7 Å². The van der Waals surface area contributed by atoms with Crippen LogP contribution >= 0.6 is 22.7 Å². The lowest BCUT2D eigenvalue weighted by Gasteiger charge is -2.35. The van der Waals surface area contributed by atoms with E-state index in [1.54, 1.807) is 17.4 Å². The van der Waals surface area contributed by atoms with E-state index in [-0.39, 0.29) is 61.7 Å². The number of rotatable bonds is 15. The first-order valence-electron chi connectivity index (χ1n) is 20.6. The van der Waals surface area contributed by atoms with Crippen molar-refractivity contribution < 1.29 is 38.1 Å². The van der Waals surface area contributed by atoms with Crippen LogP contribution in [0.3, 0.4) is 0 Å². The zero-order chi connectivity index (χ0) is 42.7. The van der Waals surface area contributed by atoms with Crippen LogP contribution in [0, 0.1) is 18.2 Å². The molecule has 0 saturated carbocycles. The molecule has 2 aromatic carbocycles. The molecule has 3 fully saturated rings. The maximum Gasteiger partial charge on any atom is 0.257 e. The third-order valence-electron chi connectivity index (χ3n) is 11.3. The van der Waals surface area contributed by atoms with E-state index in [9.17, 15) is 28.7 Å². The van der Waals surface area contributed by atoms with E-state index in [1.165, 1.54) is 22.3 Å². The van der Waals surface area contributed by atoms with Gasteiger partial charge in [0, 0.05) is 39.0 Å². The van der Waals surface area contributed by atoms with Gasteiger partial charge in [0.15, 0.2) is 23.3 Å². The molecular formula is C43H54FN7O7S2. The lowest BCUT2D eigenvalue weighted by Crippen LogP contribution is -2.57. The molecule has 14 nitrogen and oxygen atoms in total. The van der Waals surface area contributed by atoms with Gasteiger partial charge in [0.1, 0.15) is 17.6 Å². The van der Waals surface area contributed by atoms with E-state index < -0.39 is 47.8 Å². The molecule has 3 saturated heterocycles. The maximum absolute atomic E-state index is 14.9. The van der Waals surface area contributed by atoms with E-state index in [0.29, 0.717) is 18.4 Å². The minimum atomic E-state index is -0.953. The van der Waals surface area contributed by atoms with Crippen LogP contribution in [0.15, 0.2) is 41.9 Å². The minimum Gasteiger partial charge on any atom is -0.478 e. The quantitative estimate of drug-likeness (QED) is 0.115. The van der Waals surface area contributed by atoms with Crippen molar-refractivity contribution in [2.75, 3.05) is 37.7 Å². The number of amides is 4. The molecule has 0 aliphatic carbocycles. The average molecular weight is 864 g/mol. The number of benzene rings is 2. The van der Waals surface area contributed by atoms with Crippen LogP contribution in [0.1, 0.15) is 83.5 Å². The van der Waals surface area contributed by atoms with Gasteiger partial charge in [-0.25, -0.2) is 14.4 Å². The molecule has 2 bridgehead atoms. The fraction of sp³-hybridized carbons (Fsp3) is 0.535. The highest BCUT2D eigenvalue weighted by atomic mass is 32.1. The Bertz CT molecular complexity index is 2180. The first-order chi connectivity index (χ1) is 28.6. The number of hydrogen-bond acceptors (Lipinski definition) is 12. The smallest absolute Gasteiger partial charge is 0.257 e. The molecule has 2 unspecified atom stereocenters. The second-order valence-corrected chi connectivity index (χ2v) is 18.9. The van der Waals surface area contributed by atoms with E-state index in [1.807, 2.05) is 64.4 Å². The molecule has 3 aliphatic heterocycles. The van der Waals surface area contributed by atoms with Gasteiger partial charge in [0.2, 0.25) is 17.7 Å². The summed E-state index contributed by atoms with van der Waals surface area (Å²) in [6.45, 7) is 10.7. The molecule has 6 atom stereocenters. The number of ether oxygens (including phenoxy) is 2. The number of morpholine rings is 1. The molecule has 7 rings (SSSR count). The van der Waals surface area contributed by atoms with Gasteiger partial charge in [-0.2, -0.15) is 0 Å². The summed E-state index contributed by atoms with van der Waals surface area (Å²) in [6, 6.07) is 8.68. The van der Waals surface area contributed by atoms with Crippen LogP contribution in [0.4, 0.5) is 9.52 Å². The molecule has 17 heteroatoms. The van der Waals surface area contributed by atoms with Crippen LogP contribution < -0.4 is 25.6 Å². The average Bonchev–Trinajstić information content (AvgIpc) is 4.01. The molecule has 4 aromatic rings. The van der Waals surface area contributed by atoms with Crippen LogP contribution in [0.2, 0.25) is 0 Å². The van der Waals surface area contributed by atoms with E-state index in [0.717, 1.165) is 57.5 Å². The molecule has 4 amide bonds. The summed E-state index contributed by atoms with van der Waals surface area (Å²) in [6.07, 6.45) is 2.61. The number of carbonyl (C=O) groups excluding carboxylic acids is 4. The summed E-state index contributed by atoms with van der Waals surface area (Å²) in [7, 11) is 0. The van der Waals surface area contributed by atoms with Crippen molar-refractivity contribution in [1.29, 1.82) is 0 Å². The van der Waals surface area contributed by atoms with Crippen molar-refractivity contribution in [3.05, 3.63) is 59.0 Å². The first kappa shape index (κ1) is 43.4. The Balaban J connectivity index is 0.861. The molecule has 0 radical (unpaired) electrons. The number of aliphatic hydroxyl groups is 1.